The Bertz CT molecular complexity index is 380. The summed E-state index contributed by atoms with van der Waals surface area (Å²) >= 11 is 1.96. The van der Waals surface area contributed by atoms with Crippen LogP contribution in [0.4, 0.5) is 11.5 Å². The summed E-state index contributed by atoms with van der Waals surface area (Å²) in [7, 11) is 0. The van der Waals surface area contributed by atoms with Crippen molar-refractivity contribution in [2.45, 2.75) is 20.0 Å². The molecule has 0 amide bonds. The standard InChI is InChI=1S/C11H18N4OS/c1-8(2)16-11-9(12)10(13-7-14-11)15-3-5-17-6-4-15/h7-8H,3-6,12H2,1-2H3. The SMILES string of the molecule is CC(C)Oc1ncnc(N2CCSCC2)c1N. The zero-order valence-corrected chi connectivity index (χ0v) is 11.0. The average Bonchev–Trinajstić information content (AvgIpc) is 2.32. The molecule has 1 fully saturated rings. The fraction of sp³-hybridized carbons (Fsp3) is 0.636. The molecule has 0 aromatic carbocycles. The third kappa shape index (κ3) is 2.94. The van der Waals surface area contributed by atoms with Crippen molar-refractivity contribution in [3.8, 4) is 5.88 Å². The molecule has 0 spiro atoms. The fourth-order valence-corrected chi connectivity index (χ4v) is 2.62. The molecule has 17 heavy (non-hydrogen) atoms. The van der Waals surface area contributed by atoms with Gasteiger partial charge in [0.25, 0.3) is 0 Å². The first kappa shape index (κ1) is 12.3. The molecule has 0 aliphatic carbocycles. The maximum atomic E-state index is 6.06. The summed E-state index contributed by atoms with van der Waals surface area (Å²) in [5, 5.41) is 0. The molecule has 5 nitrogen and oxygen atoms in total. The monoisotopic (exact) mass is 254 g/mol. The van der Waals surface area contributed by atoms with E-state index < -0.39 is 0 Å². The summed E-state index contributed by atoms with van der Waals surface area (Å²) in [6.45, 7) is 5.87. The molecule has 1 aliphatic rings. The van der Waals surface area contributed by atoms with E-state index in [1.54, 1.807) is 0 Å². The number of anilines is 2. The predicted molar refractivity (Wildman–Crippen MR) is 71.7 cm³/mol. The smallest absolute Gasteiger partial charge is 0.242 e. The van der Waals surface area contributed by atoms with Crippen LogP contribution in [-0.4, -0.2) is 40.7 Å². The molecule has 0 bridgehead atoms. The largest absolute Gasteiger partial charge is 0.473 e. The highest BCUT2D eigenvalue weighted by molar-refractivity contribution is 7.99. The Hall–Kier alpha value is -1.17. The Morgan fingerprint density at radius 1 is 1.35 bits per heavy atom. The maximum absolute atomic E-state index is 6.06. The molecule has 0 atom stereocenters. The van der Waals surface area contributed by atoms with Gasteiger partial charge in [0.05, 0.1) is 6.10 Å². The minimum absolute atomic E-state index is 0.0666. The van der Waals surface area contributed by atoms with Crippen LogP contribution in [-0.2, 0) is 0 Å². The fourth-order valence-electron chi connectivity index (χ4n) is 1.72. The van der Waals surface area contributed by atoms with Crippen molar-refractivity contribution in [1.29, 1.82) is 0 Å². The Morgan fingerprint density at radius 2 is 2.06 bits per heavy atom. The number of rotatable bonds is 3. The quantitative estimate of drug-likeness (QED) is 0.879. The van der Waals surface area contributed by atoms with E-state index in [9.17, 15) is 0 Å². The van der Waals surface area contributed by atoms with Gasteiger partial charge in [-0.3, -0.25) is 0 Å². The van der Waals surface area contributed by atoms with Gasteiger partial charge >= 0.3 is 0 Å². The average molecular weight is 254 g/mol. The molecule has 0 radical (unpaired) electrons. The van der Waals surface area contributed by atoms with Crippen LogP contribution >= 0.6 is 11.8 Å². The molecule has 1 aliphatic heterocycles. The number of nitrogens with zero attached hydrogens (tertiary/aromatic N) is 3. The highest BCUT2D eigenvalue weighted by Gasteiger charge is 2.18. The minimum atomic E-state index is 0.0666. The molecular weight excluding hydrogens is 236 g/mol. The summed E-state index contributed by atoms with van der Waals surface area (Å²) in [4.78, 5) is 10.5. The van der Waals surface area contributed by atoms with Gasteiger partial charge in [-0.15, -0.1) is 0 Å². The van der Waals surface area contributed by atoms with Gasteiger partial charge in [0.15, 0.2) is 5.82 Å². The minimum Gasteiger partial charge on any atom is -0.473 e. The van der Waals surface area contributed by atoms with Crippen LogP contribution in [0.1, 0.15) is 13.8 Å². The van der Waals surface area contributed by atoms with E-state index in [0.717, 1.165) is 30.4 Å². The van der Waals surface area contributed by atoms with E-state index in [2.05, 4.69) is 14.9 Å². The van der Waals surface area contributed by atoms with Gasteiger partial charge in [0, 0.05) is 24.6 Å². The second kappa shape index (κ2) is 5.44. The Kier molecular flexibility index (Phi) is 3.93. The van der Waals surface area contributed by atoms with Crippen LogP contribution in [0.3, 0.4) is 0 Å². The number of nitrogens with two attached hydrogens (primary N) is 1. The Morgan fingerprint density at radius 3 is 2.71 bits per heavy atom. The lowest BCUT2D eigenvalue weighted by Gasteiger charge is -2.28. The van der Waals surface area contributed by atoms with Crippen molar-refractivity contribution in [1.82, 2.24) is 9.97 Å². The van der Waals surface area contributed by atoms with Gasteiger partial charge in [0.1, 0.15) is 12.0 Å². The zero-order valence-electron chi connectivity index (χ0n) is 10.2. The molecule has 94 valence electrons. The highest BCUT2D eigenvalue weighted by atomic mass is 32.2. The van der Waals surface area contributed by atoms with E-state index in [-0.39, 0.29) is 6.10 Å². The van der Waals surface area contributed by atoms with Crippen molar-refractivity contribution < 1.29 is 4.74 Å². The number of nitrogen functional groups attached to an aromatic ring is 1. The molecular formula is C11H18N4OS. The maximum Gasteiger partial charge on any atom is 0.242 e. The topological polar surface area (TPSA) is 64.3 Å². The predicted octanol–water partition coefficient (Wildman–Crippen LogP) is 1.40. The second-order valence-electron chi connectivity index (χ2n) is 4.18. The molecule has 1 aromatic rings. The molecule has 2 N–H and O–H groups in total. The first-order chi connectivity index (χ1) is 8.18. The molecule has 1 aromatic heterocycles. The lowest BCUT2D eigenvalue weighted by atomic mass is 10.4. The van der Waals surface area contributed by atoms with Crippen molar-refractivity contribution in [3.63, 3.8) is 0 Å². The Labute approximate surface area is 106 Å². The molecule has 0 saturated carbocycles. The summed E-state index contributed by atoms with van der Waals surface area (Å²) in [6, 6.07) is 0. The molecule has 2 rings (SSSR count). The van der Waals surface area contributed by atoms with Crippen LogP contribution in [0.5, 0.6) is 5.88 Å². The van der Waals surface area contributed by atoms with Gasteiger partial charge < -0.3 is 15.4 Å². The van der Waals surface area contributed by atoms with E-state index in [0.29, 0.717) is 11.6 Å². The third-order valence-corrected chi connectivity index (χ3v) is 3.43. The van der Waals surface area contributed by atoms with E-state index >= 15 is 0 Å². The molecule has 6 heteroatoms. The van der Waals surface area contributed by atoms with Crippen molar-refractivity contribution in [2.75, 3.05) is 35.2 Å². The summed E-state index contributed by atoms with van der Waals surface area (Å²) in [5.41, 5.74) is 6.61. The summed E-state index contributed by atoms with van der Waals surface area (Å²) in [5.74, 6) is 3.52. The lowest BCUT2D eigenvalue weighted by Crippen LogP contribution is -2.33. The van der Waals surface area contributed by atoms with Crippen LogP contribution < -0.4 is 15.4 Å². The summed E-state index contributed by atoms with van der Waals surface area (Å²) in [6.07, 6.45) is 1.59. The van der Waals surface area contributed by atoms with Gasteiger partial charge in [0.2, 0.25) is 5.88 Å². The number of thioether (sulfide) groups is 1. The van der Waals surface area contributed by atoms with Gasteiger partial charge in [-0.2, -0.15) is 16.7 Å². The molecule has 2 heterocycles. The normalized spacial score (nSPS) is 16.3. The van der Waals surface area contributed by atoms with Gasteiger partial charge in [-0.05, 0) is 13.8 Å². The highest BCUT2D eigenvalue weighted by Crippen LogP contribution is 2.29. The van der Waals surface area contributed by atoms with Crippen molar-refractivity contribution in [3.05, 3.63) is 6.33 Å². The van der Waals surface area contributed by atoms with Crippen LogP contribution in [0.15, 0.2) is 6.33 Å². The number of hydrogen-bond donors (Lipinski definition) is 1. The van der Waals surface area contributed by atoms with Crippen molar-refractivity contribution >= 4 is 23.3 Å². The van der Waals surface area contributed by atoms with Crippen LogP contribution in [0.2, 0.25) is 0 Å². The van der Waals surface area contributed by atoms with E-state index in [4.69, 9.17) is 10.5 Å². The zero-order chi connectivity index (χ0) is 12.3. The van der Waals surface area contributed by atoms with E-state index in [1.807, 2.05) is 25.6 Å². The first-order valence-corrected chi connectivity index (χ1v) is 6.93. The van der Waals surface area contributed by atoms with Gasteiger partial charge in [-0.25, -0.2) is 4.98 Å². The third-order valence-electron chi connectivity index (χ3n) is 2.48. The van der Waals surface area contributed by atoms with Crippen LogP contribution in [0.25, 0.3) is 0 Å². The number of hydrogen-bond acceptors (Lipinski definition) is 6. The number of ether oxygens (including phenoxy) is 1. The van der Waals surface area contributed by atoms with Gasteiger partial charge in [-0.1, -0.05) is 0 Å². The Balaban J connectivity index is 2.21. The number of aromatic nitrogens is 2. The van der Waals surface area contributed by atoms with E-state index in [1.165, 1.54) is 6.33 Å². The van der Waals surface area contributed by atoms with Crippen molar-refractivity contribution in [2.24, 2.45) is 0 Å². The molecule has 1 saturated heterocycles. The molecule has 0 unspecified atom stereocenters. The second-order valence-corrected chi connectivity index (χ2v) is 5.41. The first-order valence-electron chi connectivity index (χ1n) is 5.78. The lowest BCUT2D eigenvalue weighted by molar-refractivity contribution is 0.234. The summed E-state index contributed by atoms with van der Waals surface area (Å²) < 4.78 is 5.57. The van der Waals surface area contributed by atoms with Crippen LogP contribution in [0, 0.1) is 0 Å².